The fourth-order valence-electron chi connectivity index (χ4n) is 2.01. The van der Waals surface area contributed by atoms with Crippen LogP contribution in [-0.2, 0) is 9.59 Å². The normalized spacial score (nSPS) is 25.7. The number of hydrogen-bond donors (Lipinski definition) is 2. The van der Waals surface area contributed by atoms with Crippen LogP contribution in [0.3, 0.4) is 0 Å². The van der Waals surface area contributed by atoms with E-state index < -0.39 is 11.8 Å². The zero-order valence-corrected chi connectivity index (χ0v) is 9.51. The summed E-state index contributed by atoms with van der Waals surface area (Å²) in [5.74, 6) is -0.525. The minimum atomic E-state index is -0.518. The number of likely N-dealkylation sites (N-methyl/N-ethyl adjacent to an activating group) is 1. The molecule has 4 nitrogen and oxygen atoms in total. The van der Waals surface area contributed by atoms with Gasteiger partial charge >= 0.3 is 11.8 Å². The molecule has 0 saturated heterocycles. The summed E-state index contributed by atoms with van der Waals surface area (Å²) < 4.78 is 0. The molecule has 1 aliphatic carbocycles. The topological polar surface area (TPSA) is 58.2 Å². The standard InChI is InChI=1S/C11H20N2O2/c1-3-12-10(14)11(15)13-9-7-5-4-6-8(9)2/h8-9H,3-7H2,1-2H3,(H,12,14)(H,13,15)/t8-,9+/m0/s1. The van der Waals surface area contributed by atoms with Crippen molar-refractivity contribution in [1.82, 2.24) is 10.6 Å². The second-order valence-electron chi connectivity index (χ2n) is 4.20. The number of nitrogens with one attached hydrogen (secondary N) is 2. The molecule has 0 heterocycles. The minimum Gasteiger partial charge on any atom is -0.348 e. The quantitative estimate of drug-likeness (QED) is 0.666. The van der Waals surface area contributed by atoms with Crippen LogP contribution in [-0.4, -0.2) is 24.4 Å². The third-order valence-electron chi connectivity index (χ3n) is 2.97. The van der Waals surface area contributed by atoms with Gasteiger partial charge in [0.15, 0.2) is 0 Å². The first-order valence-corrected chi connectivity index (χ1v) is 5.73. The first kappa shape index (κ1) is 12.0. The molecular formula is C11H20N2O2. The Labute approximate surface area is 90.8 Å². The molecule has 2 N–H and O–H groups in total. The van der Waals surface area contributed by atoms with Crippen molar-refractivity contribution < 1.29 is 9.59 Å². The van der Waals surface area contributed by atoms with Crippen LogP contribution in [0.5, 0.6) is 0 Å². The zero-order chi connectivity index (χ0) is 11.3. The SMILES string of the molecule is CCNC(=O)C(=O)N[C@@H]1CCCC[C@@H]1C. The van der Waals surface area contributed by atoms with Gasteiger partial charge in [-0.05, 0) is 25.7 Å². The van der Waals surface area contributed by atoms with E-state index in [4.69, 9.17) is 0 Å². The van der Waals surface area contributed by atoms with E-state index in [-0.39, 0.29) is 6.04 Å². The molecule has 1 rings (SSSR count). The summed E-state index contributed by atoms with van der Waals surface area (Å²) in [5, 5.41) is 5.30. The summed E-state index contributed by atoms with van der Waals surface area (Å²) in [5.41, 5.74) is 0. The predicted molar refractivity (Wildman–Crippen MR) is 58.2 cm³/mol. The Hall–Kier alpha value is -1.06. The van der Waals surface area contributed by atoms with Gasteiger partial charge in [0.2, 0.25) is 0 Å². The highest BCUT2D eigenvalue weighted by Gasteiger charge is 2.24. The third kappa shape index (κ3) is 3.53. The van der Waals surface area contributed by atoms with Crippen LogP contribution in [0.25, 0.3) is 0 Å². The smallest absolute Gasteiger partial charge is 0.309 e. The second-order valence-corrected chi connectivity index (χ2v) is 4.20. The number of hydrogen-bond acceptors (Lipinski definition) is 2. The molecule has 15 heavy (non-hydrogen) atoms. The Bertz CT molecular complexity index is 241. The van der Waals surface area contributed by atoms with E-state index in [1.807, 2.05) is 0 Å². The largest absolute Gasteiger partial charge is 0.348 e. The van der Waals surface area contributed by atoms with Gasteiger partial charge in [0.25, 0.3) is 0 Å². The molecule has 0 bridgehead atoms. The molecule has 1 aliphatic rings. The molecule has 2 amide bonds. The van der Waals surface area contributed by atoms with E-state index in [2.05, 4.69) is 17.6 Å². The highest BCUT2D eigenvalue weighted by Crippen LogP contribution is 2.23. The van der Waals surface area contributed by atoms with Crippen molar-refractivity contribution in [3.63, 3.8) is 0 Å². The maximum atomic E-state index is 11.4. The Morgan fingerprint density at radius 1 is 1.20 bits per heavy atom. The Morgan fingerprint density at radius 2 is 1.87 bits per heavy atom. The number of carbonyl (C=O) groups is 2. The van der Waals surface area contributed by atoms with Gasteiger partial charge < -0.3 is 10.6 Å². The number of amides is 2. The molecular weight excluding hydrogens is 192 g/mol. The molecule has 0 radical (unpaired) electrons. The van der Waals surface area contributed by atoms with E-state index in [1.165, 1.54) is 6.42 Å². The first-order valence-electron chi connectivity index (χ1n) is 5.73. The average Bonchev–Trinajstić information content (AvgIpc) is 2.21. The van der Waals surface area contributed by atoms with Crippen molar-refractivity contribution in [2.24, 2.45) is 5.92 Å². The van der Waals surface area contributed by atoms with Crippen molar-refractivity contribution >= 4 is 11.8 Å². The summed E-state index contributed by atoms with van der Waals surface area (Å²) in [7, 11) is 0. The van der Waals surface area contributed by atoms with Crippen molar-refractivity contribution in [2.75, 3.05) is 6.54 Å². The van der Waals surface area contributed by atoms with Gasteiger partial charge in [-0.1, -0.05) is 19.8 Å². The van der Waals surface area contributed by atoms with Gasteiger partial charge in [-0.25, -0.2) is 0 Å². The summed E-state index contributed by atoms with van der Waals surface area (Å²) in [6.45, 7) is 4.42. The molecule has 0 aromatic carbocycles. The third-order valence-corrected chi connectivity index (χ3v) is 2.97. The van der Waals surface area contributed by atoms with Crippen LogP contribution in [0.2, 0.25) is 0 Å². The Balaban J connectivity index is 2.39. The molecule has 1 fully saturated rings. The van der Waals surface area contributed by atoms with Gasteiger partial charge in [0.1, 0.15) is 0 Å². The van der Waals surface area contributed by atoms with Gasteiger partial charge in [0.05, 0.1) is 0 Å². The maximum Gasteiger partial charge on any atom is 0.309 e. The van der Waals surface area contributed by atoms with Gasteiger partial charge in [-0.3, -0.25) is 9.59 Å². The highest BCUT2D eigenvalue weighted by atomic mass is 16.2. The molecule has 1 saturated carbocycles. The van der Waals surface area contributed by atoms with Crippen molar-refractivity contribution in [3.8, 4) is 0 Å². The van der Waals surface area contributed by atoms with E-state index in [1.54, 1.807) is 6.92 Å². The van der Waals surface area contributed by atoms with Crippen LogP contribution >= 0.6 is 0 Å². The minimum absolute atomic E-state index is 0.175. The lowest BCUT2D eigenvalue weighted by Crippen LogP contribution is -2.47. The van der Waals surface area contributed by atoms with Crippen LogP contribution in [0.1, 0.15) is 39.5 Å². The zero-order valence-electron chi connectivity index (χ0n) is 9.51. The van der Waals surface area contributed by atoms with Crippen molar-refractivity contribution in [3.05, 3.63) is 0 Å². The van der Waals surface area contributed by atoms with Crippen LogP contribution in [0.4, 0.5) is 0 Å². The van der Waals surface area contributed by atoms with Gasteiger partial charge in [-0.2, -0.15) is 0 Å². The molecule has 0 aromatic heterocycles. The van der Waals surface area contributed by atoms with Crippen molar-refractivity contribution in [2.45, 2.75) is 45.6 Å². The fourth-order valence-corrected chi connectivity index (χ4v) is 2.01. The average molecular weight is 212 g/mol. The van der Waals surface area contributed by atoms with Crippen LogP contribution in [0.15, 0.2) is 0 Å². The summed E-state index contributed by atoms with van der Waals surface area (Å²) in [6.07, 6.45) is 4.51. The maximum absolute atomic E-state index is 11.4. The summed E-state index contributed by atoms with van der Waals surface area (Å²) >= 11 is 0. The van der Waals surface area contributed by atoms with Crippen molar-refractivity contribution in [1.29, 1.82) is 0 Å². The van der Waals surface area contributed by atoms with Gasteiger partial charge in [-0.15, -0.1) is 0 Å². The van der Waals surface area contributed by atoms with Crippen LogP contribution in [0, 0.1) is 5.92 Å². The number of rotatable bonds is 2. The Morgan fingerprint density at radius 3 is 2.47 bits per heavy atom. The molecule has 0 spiro atoms. The fraction of sp³-hybridized carbons (Fsp3) is 0.818. The highest BCUT2D eigenvalue weighted by molar-refractivity contribution is 6.35. The van der Waals surface area contributed by atoms with Crippen LogP contribution < -0.4 is 10.6 Å². The predicted octanol–water partition coefficient (Wildman–Crippen LogP) is 0.817. The molecule has 0 unspecified atom stereocenters. The molecule has 4 heteroatoms. The molecule has 0 aromatic rings. The Kier molecular flexibility index (Phi) is 4.59. The lowest BCUT2D eigenvalue weighted by molar-refractivity contribution is -0.139. The molecule has 86 valence electrons. The lowest BCUT2D eigenvalue weighted by Gasteiger charge is -2.29. The molecule has 2 atom stereocenters. The van der Waals surface area contributed by atoms with E-state index in [0.717, 1.165) is 19.3 Å². The van der Waals surface area contributed by atoms with E-state index >= 15 is 0 Å². The monoisotopic (exact) mass is 212 g/mol. The molecule has 0 aliphatic heterocycles. The second kappa shape index (κ2) is 5.73. The van der Waals surface area contributed by atoms with E-state index in [9.17, 15) is 9.59 Å². The van der Waals surface area contributed by atoms with Gasteiger partial charge in [0, 0.05) is 12.6 Å². The summed E-state index contributed by atoms with van der Waals surface area (Å²) in [4.78, 5) is 22.6. The van der Waals surface area contributed by atoms with E-state index in [0.29, 0.717) is 12.5 Å². The lowest BCUT2D eigenvalue weighted by atomic mass is 9.86. The number of carbonyl (C=O) groups excluding carboxylic acids is 2. The summed E-state index contributed by atoms with van der Waals surface area (Å²) in [6, 6.07) is 0.175. The first-order chi connectivity index (χ1) is 7.15.